The van der Waals surface area contributed by atoms with E-state index in [4.69, 9.17) is 0 Å². The molecule has 1 aromatic rings. The minimum absolute atomic E-state index is 0.0126. The fraction of sp³-hybridized carbons (Fsp3) is 0.375. The van der Waals surface area contributed by atoms with E-state index < -0.39 is 24.2 Å². The van der Waals surface area contributed by atoms with Gasteiger partial charge in [-0.1, -0.05) is 15.9 Å². The number of halogens is 7. The summed E-state index contributed by atoms with van der Waals surface area (Å²) in [6.45, 7) is 0. The molecular weight excluding hydrogens is 428 g/mol. The third-order valence-corrected chi connectivity index (χ3v) is 3.08. The standard InChI is InChI=1S/C8H4BrF5INO/c9-2-3-1-4(17-8(12,13)14)16-7(15)5(3)6(10)11/h1,6H,2H2. The highest BCUT2D eigenvalue weighted by Crippen LogP contribution is 2.32. The van der Waals surface area contributed by atoms with Crippen LogP contribution in [0.3, 0.4) is 0 Å². The molecule has 0 radical (unpaired) electrons. The summed E-state index contributed by atoms with van der Waals surface area (Å²) in [5.74, 6) is -0.749. The average molecular weight is 432 g/mol. The molecule has 0 amide bonds. The summed E-state index contributed by atoms with van der Waals surface area (Å²) in [4.78, 5) is 3.33. The lowest BCUT2D eigenvalue weighted by Gasteiger charge is -2.12. The Morgan fingerprint density at radius 2 is 2.00 bits per heavy atom. The number of hydrogen-bond donors (Lipinski definition) is 0. The lowest BCUT2D eigenvalue weighted by molar-refractivity contribution is -0.276. The van der Waals surface area contributed by atoms with Gasteiger partial charge in [-0.15, -0.1) is 13.2 Å². The first-order chi connectivity index (χ1) is 7.74. The molecular formula is C8H4BrF5INO. The molecule has 0 aromatic carbocycles. The SMILES string of the molecule is FC(F)c1c(CBr)cc(OC(F)(F)F)nc1I. The van der Waals surface area contributed by atoms with Crippen LogP contribution in [-0.4, -0.2) is 11.3 Å². The maximum Gasteiger partial charge on any atom is 0.574 e. The molecule has 0 aliphatic heterocycles. The van der Waals surface area contributed by atoms with Gasteiger partial charge in [0.1, 0.15) is 3.70 Å². The van der Waals surface area contributed by atoms with Crippen molar-refractivity contribution in [3.05, 3.63) is 20.9 Å². The van der Waals surface area contributed by atoms with Gasteiger partial charge < -0.3 is 4.74 Å². The lowest BCUT2D eigenvalue weighted by atomic mass is 10.2. The van der Waals surface area contributed by atoms with Crippen molar-refractivity contribution in [1.82, 2.24) is 4.98 Å². The molecule has 9 heteroatoms. The Labute approximate surface area is 115 Å². The number of nitrogens with zero attached hydrogens (tertiary/aromatic N) is 1. The fourth-order valence-electron chi connectivity index (χ4n) is 1.06. The van der Waals surface area contributed by atoms with E-state index in [1.54, 1.807) is 0 Å². The van der Waals surface area contributed by atoms with Gasteiger partial charge in [-0.3, -0.25) is 0 Å². The van der Waals surface area contributed by atoms with E-state index in [-0.39, 0.29) is 14.6 Å². The van der Waals surface area contributed by atoms with Crippen LogP contribution in [0.5, 0.6) is 5.88 Å². The van der Waals surface area contributed by atoms with Crippen LogP contribution in [-0.2, 0) is 5.33 Å². The highest BCUT2D eigenvalue weighted by atomic mass is 127. The first-order valence-electron chi connectivity index (χ1n) is 4.03. The molecule has 0 aliphatic rings. The van der Waals surface area contributed by atoms with E-state index in [0.29, 0.717) is 0 Å². The van der Waals surface area contributed by atoms with E-state index in [9.17, 15) is 22.0 Å². The molecule has 0 aliphatic carbocycles. The summed E-state index contributed by atoms with van der Waals surface area (Å²) in [6, 6.07) is 0.839. The van der Waals surface area contributed by atoms with Crippen LogP contribution in [0, 0.1) is 3.70 Å². The number of pyridine rings is 1. The van der Waals surface area contributed by atoms with Crippen LogP contribution in [0.1, 0.15) is 17.6 Å². The summed E-state index contributed by atoms with van der Waals surface area (Å²) < 4.78 is 64.4. The van der Waals surface area contributed by atoms with Gasteiger partial charge in [-0.25, -0.2) is 13.8 Å². The van der Waals surface area contributed by atoms with Gasteiger partial charge in [0.25, 0.3) is 6.43 Å². The molecule has 0 saturated carbocycles. The molecule has 1 rings (SSSR count). The topological polar surface area (TPSA) is 22.1 Å². The van der Waals surface area contributed by atoms with Gasteiger partial charge in [0, 0.05) is 11.4 Å². The third kappa shape index (κ3) is 4.19. The first-order valence-corrected chi connectivity index (χ1v) is 6.23. The van der Waals surface area contributed by atoms with E-state index in [1.807, 2.05) is 0 Å². The van der Waals surface area contributed by atoms with E-state index in [0.717, 1.165) is 6.07 Å². The molecule has 0 unspecified atom stereocenters. The van der Waals surface area contributed by atoms with Crippen LogP contribution < -0.4 is 4.74 Å². The van der Waals surface area contributed by atoms with E-state index >= 15 is 0 Å². The third-order valence-electron chi connectivity index (χ3n) is 1.66. The fourth-order valence-corrected chi connectivity index (χ4v) is 2.34. The molecule has 0 spiro atoms. The van der Waals surface area contributed by atoms with Crippen LogP contribution in [0.2, 0.25) is 0 Å². The van der Waals surface area contributed by atoms with Crippen molar-refractivity contribution in [1.29, 1.82) is 0 Å². The van der Waals surface area contributed by atoms with Gasteiger partial charge in [0.2, 0.25) is 5.88 Å². The second-order valence-electron chi connectivity index (χ2n) is 2.81. The van der Waals surface area contributed by atoms with Gasteiger partial charge in [0.15, 0.2) is 0 Å². The summed E-state index contributed by atoms with van der Waals surface area (Å²) in [5.41, 5.74) is -0.379. The molecule has 1 aromatic heterocycles. The number of aromatic nitrogens is 1. The Hall–Kier alpha value is -0.190. The quantitative estimate of drug-likeness (QED) is 0.306. The van der Waals surface area contributed by atoms with Crippen molar-refractivity contribution in [2.45, 2.75) is 18.1 Å². The van der Waals surface area contributed by atoms with Gasteiger partial charge in [-0.05, 0) is 28.2 Å². The number of rotatable bonds is 3. The second-order valence-corrected chi connectivity index (χ2v) is 4.39. The smallest absolute Gasteiger partial charge is 0.388 e. The minimum atomic E-state index is -4.90. The predicted molar refractivity (Wildman–Crippen MR) is 61.2 cm³/mol. The zero-order valence-corrected chi connectivity index (χ0v) is 11.6. The summed E-state index contributed by atoms with van der Waals surface area (Å²) in [5, 5.41) is -0.0145. The van der Waals surface area contributed by atoms with Gasteiger partial charge >= 0.3 is 6.36 Å². The maximum absolute atomic E-state index is 12.6. The largest absolute Gasteiger partial charge is 0.574 e. The molecule has 96 valence electrons. The first kappa shape index (κ1) is 14.9. The van der Waals surface area contributed by atoms with Gasteiger partial charge in [0.05, 0.1) is 5.56 Å². The van der Waals surface area contributed by atoms with Crippen molar-refractivity contribution in [2.75, 3.05) is 0 Å². The van der Waals surface area contributed by atoms with Crippen molar-refractivity contribution in [3.8, 4) is 5.88 Å². The molecule has 0 saturated heterocycles. The second kappa shape index (κ2) is 5.63. The Bertz CT molecular complexity index is 412. The Morgan fingerprint density at radius 1 is 1.41 bits per heavy atom. The molecule has 17 heavy (non-hydrogen) atoms. The summed E-state index contributed by atoms with van der Waals surface area (Å²) >= 11 is 4.37. The number of hydrogen-bond acceptors (Lipinski definition) is 2. The normalized spacial score (nSPS) is 12.0. The molecule has 0 atom stereocenters. The van der Waals surface area contributed by atoms with Crippen LogP contribution in [0.25, 0.3) is 0 Å². The van der Waals surface area contributed by atoms with E-state index in [2.05, 4.69) is 25.7 Å². The van der Waals surface area contributed by atoms with Crippen LogP contribution >= 0.6 is 38.5 Å². The predicted octanol–water partition coefficient (Wildman–Crippen LogP) is 4.42. The highest BCUT2D eigenvalue weighted by Gasteiger charge is 2.32. The summed E-state index contributed by atoms with van der Waals surface area (Å²) in [6.07, 6.45) is -7.70. The molecule has 0 fully saturated rings. The molecule has 2 nitrogen and oxygen atoms in total. The monoisotopic (exact) mass is 431 g/mol. The average Bonchev–Trinajstić information content (AvgIpc) is 2.12. The van der Waals surface area contributed by atoms with Crippen molar-refractivity contribution < 1.29 is 26.7 Å². The van der Waals surface area contributed by atoms with Crippen LogP contribution in [0.4, 0.5) is 22.0 Å². The highest BCUT2D eigenvalue weighted by molar-refractivity contribution is 14.1. The Morgan fingerprint density at radius 3 is 2.41 bits per heavy atom. The zero-order valence-electron chi connectivity index (χ0n) is 7.86. The molecule has 0 bridgehead atoms. The van der Waals surface area contributed by atoms with Crippen molar-refractivity contribution >= 4 is 38.5 Å². The van der Waals surface area contributed by atoms with Crippen molar-refractivity contribution in [3.63, 3.8) is 0 Å². The minimum Gasteiger partial charge on any atom is -0.388 e. The van der Waals surface area contributed by atoms with Gasteiger partial charge in [-0.2, -0.15) is 0 Å². The van der Waals surface area contributed by atoms with E-state index in [1.165, 1.54) is 22.6 Å². The van der Waals surface area contributed by atoms with Crippen molar-refractivity contribution in [2.24, 2.45) is 0 Å². The Kier molecular flexibility index (Phi) is 4.93. The lowest BCUT2D eigenvalue weighted by Crippen LogP contribution is -2.18. The Balaban J connectivity index is 3.18. The molecule has 1 heterocycles. The zero-order chi connectivity index (χ0) is 13.2. The number of ether oxygens (including phenoxy) is 1. The summed E-state index contributed by atoms with van der Waals surface area (Å²) in [7, 11) is 0. The van der Waals surface area contributed by atoms with Crippen LogP contribution in [0.15, 0.2) is 6.07 Å². The maximum atomic E-state index is 12.6. The number of alkyl halides is 6. The molecule has 0 N–H and O–H groups in total.